The van der Waals surface area contributed by atoms with Gasteiger partial charge in [-0.2, -0.15) is 5.10 Å². The number of nitro groups is 1. The van der Waals surface area contributed by atoms with Crippen LogP contribution in [0.3, 0.4) is 0 Å². The Kier molecular flexibility index (Phi) is 5.18. The highest BCUT2D eigenvalue weighted by atomic mass is 16.6. The van der Waals surface area contributed by atoms with Crippen LogP contribution in [0.2, 0.25) is 0 Å². The Morgan fingerprint density at radius 1 is 1.40 bits per heavy atom. The highest BCUT2D eigenvalue weighted by molar-refractivity contribution is 5.73. The minimum atomic E-state index is -0.440. The van der Waals surface area contributed by atoms with E-state index in [1.165, 1.54) is 13.2 Å². The van der Waals surface area contributed by atoms with E-state index in [1.807, 2.05) is 6.92 Å². The summed E-state index contributed by atoms with van der Waals surface area (Å²) in [5.41, 5.74) is 3.36. The van der Waals surface area contributed by atoms with Gasteiger partial charge in [0.2, 0.25) is 5.75 Å². The lowest BCUT2D eigenvalue weighted by atomic mass is 10.0. The van der Waals surface area contributed by atoms with Crippen LogP contribution < -0.4 is 14.8 Å². The van der Waals surface area contributed by atoms with Gasteiger partial charge < -0.3 is 14.8 Å². The molecule has 0 spiro atoms. The summed E-state index contributed by atoms with van der Waals surface area (Å²) in [6.07, 6.45) is 2.63. The maximum Gasteiger partial charge on any atom is 0.315 e. The number of ether oxygens (including phenoxy) is 2. The molecule has 0 saturated carbocycles. The van der Waals surface area contributed by atoms with Crippen LogP contribution in [-0.4, -0.2) is 35.4 Å². The summed E-state index contributed by atoms with van der Waals surface area (Å²) in [6.45, 7) is 4.02. The summed E-state index contributed by atoms with van der Waals surface area (Å²) in [5.74, 6) is 0.521. The number of H-pyrrole nitrogens is 1. The third-order valence-electron chi connectivity index (χ3n) is 4.28. The molecule has 25 heavy (non-hydrogen) atoms. The van der Waals surface area contributed by atoms with Crippen LogP contribution in [-0.2, 0) is 13.0 Å². The minimum absolute atomic E-state index is 0.106. The Balaban J connectivity index is 2.05. The van der Waals surface area contributed by atoms with Crippen molar-refractivity contribution in [3.8, 4) is 22.8 Å². The Hall–Kier alpha value is -2.61. The Morgan fingerprint density at radius 2 is 2.24 bits per heavy atom. The fourth-order valence-corrected chi connectivity index (χ4v) is 2.94. The van der Waals surface area contributed by atoms with Crippen LogP contribution in [0.25, 0.3) is 11.3 Å². The van der Waals surface area contributed by atoms with E-state index in [9.17, 15) is 10.1 Å². The van der Waals surface area contributed by atoms with Crippen molar-refractivity contribution in [1.82, 2.24) is 15.5 Å². The first-order valence-corrected chi connectivity index (χ1v) is 8.42. The van der Waals surface area contributed by atoms with Gasteiger partial charge in [-0.25, -0.2) is 0 Å². The van der Waals surface area contributed by atoms with Crippen molar-refractivity contribution < 1.29 is 14.4 Å². The lowest BCUT2D eigenvalue weighted by Crippen LogP contribution is -2.23. The smallest absolute Gasteiger partial charge is 0.315 e. The van der Waals surface area contributed by atoms with Gasteiger partial charge in [-0.3, -0.25) is 15.2 Å². The molecule has 0 amide bonds. The predicted molar refractivity (Wildman–Crippen MR) is 93.0 cm³/mol. The van der Waals surface area contributed by atoms with Crippen molar-refractivity contribution in [2.24, 2.45) is 0 Å². The van der Waals surface area contributed by atoms with Crippen molar-refractivity contribution in [2.75, 3.05) is 20.3 Å². The minimum Gasteiger partial charge on any atom is -0.493 e. The lowest BCUT2D eigenvalue weighted by Gasteiger charge is -2.15. The zero-order chi connectivity index (χ0) is 17.8. The van der Waals surface area contributed by atoms with Gasteiger partial charge in [-0.05, 0) is 12.5 Å². The number of nitrogens with zero attached hydrogens (tertiary/aromatic N) is 2. The standard InChI is InChI=1S/C17H22N4O4/c1-3-4-7-25-17-14(21(22)23)8-11(9-15(17)24-2)16-12-10-18-6-5-13(12)19-20-16/h8-9,18H,3-7,10H2,1-2H3,(H,19,20). The predicted octanol–water partition coefficient (Wildman–Crippen LogP) is 2.82. The molecule has 0 radical (unpaired) electrons. The second kappa shape index (κ2) is 7.52. The van der Waals surface area contributed by atoms with Gasteiger partial charge >= 0.3 is 5.69 Å². The molecule has 2 N–H and O–H groups in total. The summed E-state index contributed by atoms with van der Waals surface area (Å²) < 4.78 is 11.0. The first-order chi connectivity index (χ1) is 12.2. The number of hydrogen-bond acceptors (Lipinski definition) is 6. The number of benzene rings is 1. The van der Waals surface area contributed by atoms with Crippen LogP contribution in [0.5, 0.6) is 11.5 Å². The van der Waals surface area contributed by atoms with Gasteiger partial charge in [0.05, 0.1) is 24.3 Å². The third-order valence-corrected chi connectivity index (χ3v) is 4.28. The van der Waals surface area contributed by atoms with Gasteiger partial charge in [-0.15, -0.1) is 0 Å². The number of rotatable bonds is 7. The van der Waals surface area contributed by atoms with Crippen LogP contribution in [0.15, 0.2) is 12.1 Å². The normalized spacial score (nSPS) is 13.4. The van der Waals surface area contributed by atoms with E-state index in [4.69, 9.17) is 9.47 Å². The van der Waals surface area contributed by atoms with Crippen LogP contribution in [0.1, 0.15) is 31.0 Å². The van der Waals surface area contributed by atoms with E-state index < -0.39 is 4.92 Å². The van der Waals surface area contributed by atoms with E-state index in [-0.39, 0.29) is 11.4 Å². The summed E-state index contributed by atoms with van der Waals surface area (Å²) in [5, 5.41) is 22.3. The van der Waals surface area contributed by atoms with E-state index in [1.54, 1.807) is 6.07 Å². The summed E-state index contributed by atoms with van der Waals surface area (Å²) in [7, 11) is 1.48. The molecule has 1 aromatic carbocycles. The molecule has 1 aromatic heterocycles. The van der Waals surface area contributed by atoms with Crippen molar-refractivity contribution >= 4 is 5.69 Å². The van der Waals surface area contributed by atoms with Crippen molar-refractivity contribution in [2.45, 2.75) is 32.7 Å². The molecule has 0 bridgehead atoms. The zero-order valence-corrected chi connectivity index (χ0v) is 14.4. The fourth-order valence-electron chi connectivity index (χ4n) is 2.94. The molecule has 0 aliphatic carbocycles. The third kappa shape index (κ3) is 3.43. The first-order valence-electron chi connectivity index (χ1n) is 8.42. The average molecular weight is 346 g/mol. The Bertz CT molecular complexity index is 772. The molecular formula is C17H22N4O4. The monoisotopic (exact) mass is 346 g/mol. The summed E-state index contributed by atoms with van der Waals surface area (Å²) >= 11 is 0. The molecular weight excluding hydrogens is 324 g/mol. The van der Waals surface area contributed by atoms with E-state index in [0.717, 1.165) is 37.1 Å². The SMILES string of the molecule is CCCCOc1c(OC)cc(-c2n[nH]c3c2CNCC3)cc1[N+](=O)[O-]. The van der Waals surface area contributed by atoms with E-state index in [0.29, 0.717) is 30.2 Å². The number of aromatic amines is 1. The maximum atomic E-state index is 11.6. The molecule has 3 rings (SSSR count). The number of nitrogens with one attached hydrogen (secondary N) is 2. The molecule has 1 aliphatic heterocycles. The van der Waals surface area contributed by atoms with Gasteiger partial charge in [0.1, 0.15) is 0 Å². The van der Waals surface area contributed by atoms with Gasteiger partial charge in [0, 0.05) is 42.4 Å². The maximum absolute atomic E-state index is 11.6. The molecule has 0 saturated heterocycles. The fraction of sp³-hybridized carbons (Fsp3) is 0.471. The number of fused-ring (bicyclic) bond motifs is 1. The topological polar surface area (TPSA) is 102 Å². The molecule has 0 unspecified atom stereocenters. The van der Waals surface area contributed by atoms with E-state index in [2.05, 4.69) is 15.5 Å². The Labute approximate surface area is 145 Å². The molecule has 2 aromatic rings. The Morgan fingerprint density at radius 3 is 2.96 bits per heavy atom. The highest BCUT2D eigenvalue weighted by Gasteiger charge is 2.26. The number of hydrogen-bond donors (Lipinski definition) is 2. The summed E-state index contributed by atoms with van der Waals surface area (Å²) in [4.78, 5) is 11.1. The lowest BCUT2D eigenvalue weighted by molar-refractivity contribution is -0.385. The second-order valence-corrected chi connectivity index (χ2v) is 5.94. The number of methoxy groups -OCH3 is 1. The average Bonchev–Trinajstić information content (AvgIpc) is 3.05. The molecule has 134 valence electrons. The van der Waals surface area contributed by atoms with Crippen molar-refractivity contribution in [3.63, 3.8) is 0 Å². The molecule has 0 fully saturated rings. The first kappa shape index (κ1) is 17.2. The van der Waals surface area contributed by atoms with Crippen LogP contribution >= 0.6 is 0 Å². The van der Waals surface area contributed by atoms with Crippen LogP contribution in [0, 0.1) is 10.1 Å². The molecule has 2 heterocycles. The van der Waals surface area contributed by atoms with Crippen LogP contribution in [0.4, 0.5) is 5.69 Å². The number of nitro benzene ring substituents is 1. The van der Waals surface area contributed by atoms with E-state index >= 15 is 0 Å². The van der Waals surface area contributed by atoms with Gasteiger partial charge in [0.15, 0.2) is 5.75 Å². The molecule has 1 aliphatic rings. The summed E-state index contributed by atoms with van der Waals surface area (Å²) in [6, 6.07) is 3.26. The number of aromatic nitrogens is 2. The molecule has 0 atom stereocenters. The molecule has 8 heteroatoms. The van der Waals surface area contributed by atoms with Gasteiger partial charge in [0.25, 0.3) is 0 Å². The largest absolute Gasteiger partial charge is 0.493 e. The number of unbranched alkanes of at least 4 members (excludes halogenated alkanes) is 1. The van der Waals surface area contributed by atoms with Crippen molar-refractivity contribution in [1.29, 1.82) is 0 Å². The highest BCUT2D eigenvalue weighted by Crippen LogP contribution is 2.42. The van der Waals surface area contributed by atoms with Crippen molar-refractivity contribution in [3.05, 3.63) is 33.5 Å². The quantitative estimate of drug-likeness (QED) is 0.454. The second-order valence-electron chi connectivity index (χ2n) is 5.94. The molecule has 8 nitrogen and oxygen atoms in total. The van der Waals surface area contributed by atoms with Gasteiger partial charge in [-0.1, -0.05) is 13.3 Å². The zero-order valence-electron chi connectivity index (χ0n) is 14.4.